The number of hydrogen-bond donors (Lipinski definition) is 0. The van der Waals surface area contributed by atoms with Crippen LogP contribution in [0.25, 0.3) is 0 Å². The first-order valence-corrected chi connectivity index (χ1v) is 22.9. The molecule has 49 heavy (non-hydrogen) atoms. The highest BCUT2D eigenvalue weighted by atomic mass is 16.5. The fourth-order valence-corrected chi connectivity index (χ4v) is 6.75. The number of allylic oxidation sites excluding steroid dienone is 4. The summed E-state index contributed by atoms with van der Waals surface area (Å²) in [4.78, 5) is 0. The van der Waals surface area contributed by atoms with Crippen molar-refractivity contribution in [1.29, 1.82) is 0 Å². The molecule has 0 bridgehead atoms. The molecule has 0 aromatic heterocycles. The van der Waals surface area contributed by atoms with Gasteiger partial charge in [-0.25, -0.2) is 0 Å². The lowest BCUT2D eigenvalue weighted by Gasteiger charge is -2.06. The van der Waals surface area contributed by atoms with Gasteiger partial charge in [0, 0.05) is 26.4 Å². The molecule has 0 saturated carbocycles. The van der Waals surface area contributed by atoms with E-state index in [1.807, 2.05) is 0 Å². The van der Waals surface area contributed by atoms with Crippen LogP contribution in [0.15, 0.2) is 24.3 Å². The first-order chi connectivity index (χ1) is 24.4. The Balaban J connectivity index is 3.08. The molecule has 0 radical (unpaired) electrons. The van der Waals surface area contributed by atoms with Crippen molar-refractivity contribution < 1.29 is 9.47 Å². The second-order valence-corrected chi connectivity index (χ2v) is 15.3. The summed E-state index contributed by atoms with van der Waals surface area (Å²) < 4.78 is 11.8. The van der Waals surface area contributed by atoms with Gasteiger partial charge in [-0.1, -0.05) is 199 Å². The fourth-order valence-electron chi connectivity index (χ4n) is 6.75. The standard InChI is InChI=1S/C47H92O2/c1-3-5-7-9-11-13-15-17-19-20-22-25-29-33-37-41-45-49-47-43-39-35-31-27-23-26-30-34-38-42-46-48-44-40-36-32-28-24-21-18-16-14-12-10-8-6-4-2/h14,16-17,19H,3-13,15,18,20-47H2,1-2H3/b16-14+,19-17+. The second kappa shape index (κ2) is 47.4. The first kappa shape index (κ1) is 48.4. The van der Waals surface area contributed by atoms with Crippen molar-refractivity contribution in [1.82, 2.24) is 0 Å². The molecule has 0 aliphatic carbocycles. The molecule has 0 atom stereocenters. The lowest BCUT2D eigenvalue weighted by atomic mass is 10.1. The Bertz CT molecular complexity index is 611. The van der Waals surface area contributed by atoms with E-state index >= 15 is 0 Å². The van der Waals surface area contributed by atoms with Crippen LogP contribution in [0.3, 0.4) is 0 Å². The Morgan fingerprint density at radius 3 is 0.653 bits per heavy atom. The molecule has 292 valence electrons. The Morgan fingerprint density at radius 1 is 0.224 bits per heavy atom. The van der Waals surface area contributed by atoms with E-state index in [4.69, 9.17) is 9.47 Å². The maximum absolute atomic E-state index is 5.89. The lowest BCUT2D eigenvalue weighted by molar-refractivity contribution is 0.125. The van der Waals surface area contributed by atoms with Gasteiger partial charge in [0.05, 0.1) is 0 Å². The highest BCUT2D eigenvalue weighted by Crippen LogP contribution is 2.14. The zero-order valence-electron chi connectivity index (χ0n) is 34.1. The molecule has 0 aromatic rings. The third-order valence-corrected chi connectivity index (χ3v) is 10.2. The zero-order valence-corrected chi connectivity index (χ0v) is 34.1. The fraction of sp³-hybridized carbons (Fsp3) is 0.915. The average Bonchev–Trinajstić information content (AvgIpc) is 3.11. The third kappa shape index (κ3) is 47.4. The van der Waals surface area contributed by atoms with Gasteiger partial charge in [-0.15, -0.1) is 0 Å². The van der Waals surface area contributed by atoms with Crippen LogP contribution in [0.5, 0.6) is 0 Å². The van der Waals surface area contributed by atoms with Gasteiger partial charge in [0.25, 0.3) is 0 Å². The van der Waals surface area contributed by atoms with Crippen molar-refractivity contribution in [3.63, 3.8) is 0 Å². The summed E-state index contributed by atoms with van der Waals surface area (Å²) in [5.41, 5.74) is 0. The smallest absolute Gasteiger partial charge is 0.0466 e. The molecule has 0 aliphatic heterocycles. The minimum absolute atomic E-state index is 0.977. The van der Waals surface area contributed by atoms with E-state index in [1.165, 1.54) is 238 Å². The van der Waals surface area contributed by atoms with E-state index in [-0.39, 0.29) is 0 Å². The van der Waals surface area contributed by atoms with Crippen molar-refractivity contribution in [3.8, 4) is 0 Å². The molecule has 2 heteroatoms. The Hall–Kier alpha value is -0.600. The Morgan fingerprint density at radius 2 is 0.408 bits per heavy atom. The molecule has 0 unspecified atom stereocenters. The third-order valence-electron chi connectivity index (χ3n) is 10.2. The molecule has 0 amide bonds. The molecule has 0 N–H and O–H groups in total. The van der Waals surface area contributed by atoms with Gasteiger partial charge in [-0.05, 0) is 77.0 Å². The van der Waals surface area contributed by atoms with Crippen LogP contribution in [0.1, 0.15) is 251 Å². The molecule has 0 rings (SSSR count). The van der Waals surface area contributed by atoms with Crippen molar-refractivity contribution >= 4 is 0 Å². The minimum Gasteiger partial charge on any atom is -0.381 e. The molecule has 0 heterocycles. The van der Waals surface area contributed by atoms with Gasteiger partial charge < -0.3 is 9.47 Å². The summed E-state index contributed by atoms with van der Waals surface area (Å²) in [5.74, 6) is 0. The largest absolute Gasteiger partial charge is 0.381 e. The number of ether oxygens (including phenoxy) is 2. The monoisotopic (exact) mass is 689 g/mol. The molecular formula is C47H92O2. The van der Waals surface area contributed by atoms with Crippen LogP contribution in [0, 0.1) is 0 Å². The molecule has 0 spiro atoms. The highest BCUT2D eigenvalue weighted by molar-refractivity contribution is 4.82. The molecule has 0 fully saturated rings. The van der Waals surface area contributed by atoms with Crippen LogP contribution in [-0.2, 0) is 9.47 Å². The van der Waals surface area contributed by atoms with Gasteiger partial charge >= 0.3 is 0 Å². The molecule has 0 saturated heterocycles. The molecular weight excluding hydrogens is 597 g/mol. The lowest BCUT2D eigenvalue weighted by Crippen LogP contribution is -1.97. The summed E-state index contributed by atoms with van der Waals surface area (Å²) in [7, 11) is 0. The van der Waals surface area contributed by atoms with Crippen molar-refractivity contribution in [2.24, 2.45) is 0 Å². The second-order valence-electron chi connectivity index (χ2n) is 15.3. The number of hydrogen-bond acceptors (Lipinski definition) is 2. The SMILES string of the molecule is CCCCCC/C=C/CCCCCCCCOCCCCCCCCCCCCCOCCCCCCCC/C=C/CCCCCCCC. The Labute approximate surface area is 310 Å². The first-order valence-electron chi connectivity index (χ1n) is 22.9. The van der Waals surface area contributed by atoms with Gasteiger partial charge in [-0.3, -0.25) is 0 Å². The number of unbranched alkanes of at least 4 members (excludes halogenated alkanes) is 32. The van der Waals surface area contributed by atoms with Gasteiger partial charge in [0.15, 0.2) is 0 Å². The topological polar surface area (TPSA) is 18.5 Å². The summed E-state index contributed by atoms with van der Waals surface area (Å²) in [6.45, 7) is 8.49. The van der Waals surface area contributed by atoms with Crippen LogP contribution in [0.2, 0.25) is 0 Å². The maximum atomic E-state index is 5.89. The number of rotatable bonds is 44. The quantitative estimate of drug-likeness (QED) is 0.0468. The molecule has 2 nitrogen and oxygen atoms in total. The van der Waals surface area contributed by atoms with Gasteiger partial charge in [0.2, 0.25) is 0 Å². The van der Waals surface area contributed by atoms with E-state index in [9.17, 15) is 0 Å². The zero-order chi connectivity index (χ0) is 35.2. The summed E-state index contributed by atoms with van der Waals surface area (Å²) in [6, 6.07) is 0. The van der Waals surface area contributed by atoms with Crippen molar-refractivity contribution in [3.05, 3.63) is 24.3 Å². The summed E-state index contributed by atoms with van der Waals surface area (Å²) in [5, 5.41) is 0. The van der Waals surface area contributed by atoms with Crippen molar-refractivity contribution in [2.75, 3.05) is 26.4 Å². The summed E-state index contributed by atoms with van der Waals surface area (Å²) >= 11 is 0. The van der Waals surface area contributed by atoms with E-state index in [0.29, 0.717) is 0 Å². The van der Waals surface area contributed by atoms with Crippen LogP contribution < -0.4 is 0 Å². The van der Waals surface area contributed by atoms with Crippen LogP contribution >= 0.6 is 0 Å². The summed E-state index contributed by atoms with van der Waals surface area (Å²) in [6.07, 6.45) is 60.2. The van der Waals surface area contributed by atoms with E-state index < -0.39 is 0 Å². The normalized spacial score (nSPS) is 12.0. The predicted molar refractivity (Wildman–Crippen MR) is 222 cm³/mol. The minimum atomic E-state index is 0.977. The Kier molecular flexibility index (Phi) is 46.8. The van der Waals surface area contributed by atoms with Crippen LogP contribution in [-0.4, -0.2) is 26.4 Å². The average molecular weight is 689 g/mol. The van der Waals surface area contributed by atoms with E-state index in [2.05, 4.69) is 38.2 Å². The highest BCUT2D eigenvalue weighted by Gasteiger charge is 1.97. The predicted octanol–water partition coefficient (Wildman–Crippen LogP) is 16.6. The van der Waals surface area contributed by atoms with Crippen molar-refractivity contribution in [2.45, 2.75) is 251 Å². The molecule has 0 aliphatic rings. The van der Waals surface area contributed by atoms with Crippen LogP contribution in [0.4, 0.5) is 0 Å². The van der Waals surface area contributed by atoms with E-state index in [0.717, 1.165) is 26.4 Å². The molecule has 0 aromatic carbocycles. The van der Waals surface area contributed by atoms with Gasteiger partial charge in [-0.2, -0.15) is 0 Å². The van der Waals surface area contributed by atoms with E-state index in [1.54, 1.807) is 0 Å². The maximum Gasteiger partial charge on any atom is 0.0466 e. The van der Waals surface area contributed by atoms with Gasteiger partial charge in [0.1, 0.15) is 0 Å².